The number of hydrogen-bond donors (Lipinski definition) is 0. The van der Waals surface area contributed by atoms with E-state index in [0.29, 0.717) is 11.9 Å². The van der Waals surface area contributed by atoms with Crippen LogP contribution in [0.25, 0.3) is 0 Å². The van der Waals surface area contributed by atoms with Crippen molar-refractivity contribution in [3.8, 4) is 5.88 Å². The van der Waals surface area contributed by atoms with Crippen LogP contribution >= 0.6 is 0 Å². The van der Waals surface area contributed by atoms with Crippen molar-refractivity contribution in [2.75, 3.05) is 7.05 Å². The number of ether oxygens (including phenoxy) is 1. The van der Waals surface area contributed by atoms with Gasteiger partial charge in [0.05, 0.1) is 23.8 Å². The zero-order valence-electron chi connectivity index (χ0n) is 16.9. The van der Waals surface area contributed by atoms with Gasteiger partial charge in [-0.25, -0.2) is 9.98 Å². The molecule has 0 bridgehead atoms. The van der Waals surface area contributed by atoms with Crippen LogP contribution in [0.1, 0.15) is 44.0 Å². The molecule has 0 aliphatic heterocycles. The molecule has 1 unspecified atom stereocenters. The summed E-state index contributed by atoms with van der Waals surface area (Å²) in [6.07, 6.45) is 3.93. The molecule has 0 saturated heterocycles. The second kappa shape index (κ2) is 9.37. The topological polar surface area (TPSA) is 37.7 Å². The molecular weight excluding hydrogens is 322 g/mol. The average Bonchev–Trinajstić information content (AvgIpc) is 2.60. The molecule has 1 atom stereocenters. The van der Waals surface area contributed by atoms with Crippen molar-refractivity contribution >= 4 is 12.0 Å². The van der Waals surface area contributed by atoms with Gasteiger partial charge in [-0.15, -0.1) is 0 Å². The van der Waals surface area contributed by atoms with Crippen molar-refractivity contribution < 1.29 is 4.74 Å². The van der Waals surface area contributed by atoms with Crippen molar-refractivity contribution in [3.05, 3.63) is 53.2 Å². The van der Waals surface area contributed by atoms with Crippen LogP contribution < -0.4 is 4.74 Å². The first-order valence-electron chi connectivity index (χ1n) is 9.31. The first-order chi connectivity index (χ1) is 12.4. The lowest BCUT2D eigenvalue weighted by atomic mass is 10.0. The number of aryl methyl sites for hydroxylation is 3. The predicted octanol–water partition coefficient (Wildman–Crippen LogP) is 5.10. The third-order valence-corrected chi connectivity index (χ3v) is 4.63. The Morgan fingerprint density at radius 1 is 1.12 bits per heavy atom. The molecule has 0 N–H and O–H groups in total. The maximum atomic E-state index is 6.00. The molecule has 0 saturated carbocycles. The minimum Gasteiger partial charge on any atom is -0.475 e. The molecule has 2 aromatic rings. The number of rotatable bonds is 8. The molecule has 0 fully saturated rings. The van der Waals surface area contributed by atoms with Crippen LogP contribution in [0, 0.1) is 13.8 Å². The molecule has 1 heterocycles. The number of hydrogen-bond acceptors (Lipinski definition) is 3. The van der Waals surface area contributed by atoms with E-state index >= 15 is 0 Å². The van der Waals surface area contributed by atoms with Gasteiger partial charge < -0.3 is 9.64 Å². The number of aromatic nitrogens is 1. The summed E-state index contributed by atoms with van der Waals surface area (Å²) in [7, 11) is 2.02. The highest BCUT2D eigenvalue weighted by molar-refractivity contribution is 5.62. The van der Waals surface area contributed by atoms with E-state index in [9.17, 15) is 0 Å². The highest BCUT2D eigenvalue weighted by Gasteiger charge is 2.08. The number of nitrogens with zero attached hydrogens (tertiary/aromatic N) is 3. The fourth-order valence-electron chi connectivity index (χ4n) is 2.53. The van der Waals surface area contributed by atoms with Gasteiger partial charge in [-0.05, 0) is 64.7 Å². The Morgan fingerprint density at radius 2 is 1.85 bits per heavy atom. The van der Waals surface area contributed by atoms with E-state index < -0.39 is 0 Å². The Hall–Kier alpha value is -2.36. The van der Waals surface area contributed by atoms with Crippen molar-refractivity contribution in [2.24, 2.45) is 4.99 Å². The Kier molecular flexibility index (Phi) is 7.19. The molecule has 1 aromatic carbocycles. The van der Waals surface area contributed by atoms with Gasteiger partial charge in [0.25, 0.3) is 0 Å². The molecule has 140 valence electrons. The molecule has 4 heteroatoms. The molecule has 0 amide bonds. The van der Waals surface area contributed by atoms with E-state index in [-0.39, 0.29) is 6.10 Å². The van der Waals surface area contributed by atoms with Gasteiger partial charge in [0, 0.05) is 19.2 Å². The standard InChI is InChI=1S/C22H31N3O/c1-16(2)25(6)15-23-21-13-14-22(24-19(21)5)26-18(4)11-12-20-10-8-7-9-17(20)3/h7-10,13-16,18H,11-12H2,1-6H3. The van der Waals surface area contributed by atoms with Gasteiger partial charge in [-0.1, -0.05) is 24.3 Å². The zero-order chi connectivity index (χ0) is 19.1. The van der Waals surface area contributed by atoms with Gasteiger partial charge in [0.15, 0.2) is 0 Å². The predicted molar refractivity (Wildman–Crippen MR) is 110 cm³/mol. The normalized spacial score (nSPS) is 12.6. The van der Waals surface area contributed by atoms with E-state index in [0.717, 1.165) is 24.2 Å². The van der Waals surface area contributed by atoms with E-state index in [1.807, 2.05) is 32.4 Å². The molecular formula is C22H31N3O. The van der Waals surface area contributed by atoms with Gasteiger partial charge in [0.2, 0.25) is 5.88 Å². The summed E-state index contributed by atoms with van der Waals surface area (Å²) in [4.78, 5) is 11.1. The first-order valence-corrected chi connectivity index (χ1v) is 9.31. The Labute approximate surface area is 157 Å². The van der Waals surface area contributed by atoms with Crippen LogP contribution in [0.5, 0.6) is 5.88 Å². The Bertz CT molecular complexity index is 740. The lowest BCUT2D eigenvalue weighted by molar-refractivity contribution is 0.202. The minimum atomic E-state index is 0.114. The van der Waals surface area contributed by atoms with Gasteiger partial charge >= 0.3 is 0 Å². The lowest BCUT2D eigenvalue weighted by Gasteiger charge is -2.17. The maximum Gasteiger partial charge on any atom is 0.213 e. The number of aliphatic imine (C=N–C) groups is 1. The highest BCUT2D eigenvalue weighted by atomic mass is 16.5. The van der Waals surface area contributed by atoms with Crippen LogP contribution in [-0.4, -0.2) is 35.4 Å². The zero-order valence-corrected chi connectivity index (χ0v) is 16.9. The SMILES string of the molecule is Cc1ccccc1CCC(C)Oc1ccc(N=CN(C)C(C)C)c(C)n1. The first kappa shape index (κ1) is 20.0. The summed E-state index contributed by atoms with van der Waals surface area (Å²) in [6.45, 7) is 10.5. The van der Waals surface area contributed by atoms with E-state index in [4.69, 9.17) is 4.74 Å². The molecule has 0 aliphatic rings. The molecule has 2 rings (SSSR count). The fraction of sp³-hybridized carbons (Fsp3) is 0.455. The van der Waals surface area contributed by atoms with Crippen molar-refractivity contribution in [1.82, 2.24) is 9.88 Å². The summed E-state index contributed by atoms with van der Waals surface area (Å²) in [6, 6.07) is 12.8. The third kappa shape index (κ3) is 5.87. The lowest BCUT2D eigenvalue weighted by Crippen LogP contribution is -2.24. The Morgan fingerprint density at radius 3 is 2.50 bits per heavy atom. The summed E-state index contributed by atoms with van der Waals surface area (Å²) in [5.41, 5.74) is 4.47. The van der Waals surface area contributed by atoms with E-state index in [2.05, 4.69) is 66.8 Å². The van der Waals surface area contributed by atoms with Gasteiger partial charge in [-0.2, -0.15) is 0 Å². The molecule has 1 aromatic heterocycles. The average molecular weight is 354 g/mol. The smallest absolute Gasteiger partial charge is 0.213 e. The molecule has 0 spiro atoms. The maximum absolute atomic E-state index is 6.00. The molecule has 0 radical (unpaired) electrons. The highest BCUT2D eigenvalue weighted by Crippen LogP contribution is 2.21. The molecule has 4 nitrogen and oxygen atoms in total. The number of pyridine rings is 1. The van der Waals surface area contributed by atoms with Gasteiger partial charge in [-0.3, -0.25) is 0 Å². The second-order valence-corrected chi connectivity index (χ2v) is 7.15. The van der Waals surface area contributed by atoms with Crippen molar-refractivity contribution in [2.45, 2.75) is 59.6 Å². The monoisotopic (exact) mass is 353 g/mol. The van der Waals surface area contributed by atoms with E-state index in [1.54, 1.807) is 0 Å². The van der Waals surface area contributed by atoms with Crippen LogP contribution in [0.15, 0.2) is 41.4 Å². The van der Waals surface area contributed by atoms with Crippen LogP contribution in [-0.2, 0) is 6.42 Å². The quantitative estimate of drug-likeness (QED) is 0.489. The van der Waals surface area contributed by atoms with Crippen molar-refractivity contribution in [3.63, 3.8) is 0 Å². The Balaban J connectivity index is 1.93. The van der Waals surface area contributed by atoms with Crippen LogP contribution in [0.3, 0.4) is 0 Å². The summed E-state index contributed by atoms with van der Waals surface area (Å²) >= 11 is 0. The number of benzene rings is 1. The van der Waals surface area contributed by atoms with E-state index in [1.165, 1.54) is 11.1 Å². The summed E-state index contributed by atoms with van der Waals surface area (Å²) in [5, 5.41) is 0. The second-order valence-electron chi connectivity index (χ2n) is 7.15. The van der Waals surface area contributed by atoms with Gasteiger partial charge in [0.1, 0.15) is 0 Å². The third-order valence-electron chi connectivity index (χ3n) is 4.63. The largest absolute Gasteiger partial charge is 0.475 e. The van der Waals surface area contributed by atoms with Crippen LogP contribution in [0.4, 0.5) is 5.69 Å². The molecule has 0 aliphatic carbocycles. The van der Waals surface area contributed by atoms with Crippen LogP contribution in [0.2, 0.25) is 0 Å². The summed E-state index contributed by atoms with van der Waals surface area (Å²) in [5.74, 6) is 0.663. The minimum absolute atomic E-state index is 0.114. The fourth-order valence-corrected chi connectivity index (χ4v) is 2.53. The summed E-state index contributed by atoms with van der Waals surface area (Å²) < 4.78 is 6.00. The molecule has 26 heavy (non-hydrogen) atoms. The van der Waals surface area contributed by atoms with Crippen molar-refractivity contribution in [1.29, 1.82) is 0 Å².